The summed E-state index contributed by atoms with van der Waals surface area (Å²) >= 11 is 0. The van der Waals surface area contributed by atoms with Crippen LogP contribution in [-0.2, 0) is 6.54 Å². The number of likely N-dealkylation sites (tertiary alicyclic amines) is 1. The molecule has 2 aliphatic rings. The molecule has 3 rings (SSSR count). The van der Waals surface area contributed by atoms with Crippen molar-refractivity contribution in [2.75, 3.05) is 19.6 Å². The summed E-state index contributed by atoms with van der Waals surface area (Å²) in [4.78, 5) is 2.46. The average molecular weight is 262 g/mol. The number of benzene rings is 1. The van der Waals surface area contributed by atoms with E-state index in [1.807, 2.05) is 6.07 Å². The van der Waals surface area contributed by atoms with Crippen LogP contribution in [0.5, 0.6) is 0 Å². The molecule has 19 heavy (non-hydrogen) atoms. The predicted molar refractivity (Wildman–Crippen MR) is 75.4 cm³/mol. The summed E-state index contributed by atoms with van der Waals surface area (Å²) in [7, 11) is 0. The molecule has 0 spiro atoms. The quantitative estimate of drug-likeness (QED) is 0.901. The second kappa shape index (κ2) is 6.02. The Labute approximate surface area is 115 Å². The normalized spacial score (nSPS) is 25.8. The van der Waals surface area contributed by atoms with E-state index in [4.69, 9.17) is 0 Å². The van der Waals surface area contributed by atoms with Gasteiger partial charge in [0.15, 0.2) is 0 Å². The van der Waals surface area contributed by atoms with E-state index in [1.165, 1.54) is 38.3 Å². The fraction of sp³-hybridized carbons (Fsp3) is 0.625. The van der Waals surface area contributed by atoms with Crippen molar-refractivity contribution >= 4 is 0 Å². The van der Waals surface area contributed by atoms with Crippen LogP contribution >= 0.6 is 0 Å². The van der Waals surface area contributed by atoms with Crippen LogP contribution < -0.4 is 5.32 Å². The van der Waals surface area contributed by atoms with Crippen molar-refractivity contribution in [1.82, 2.24) is 10.2 Å². The van der Waals surface area contributed by atoms with Gasteiger partial charge in [-0.05, 0) is 68.9 Å². The Balaban J connectivity index is 1.50. The summed E-state index contributed by atoms with van der Waals surface area (Å²) < 4.78 is 13.2. The van der Waals surface area contributed by atoms with Crippen molar-refractivity contribution in [2.24, 2.45) is 5.92 Å². The summed E-state index contributed by atoms with van der Waals surface area (Å²) in [6.45, 7) is 4.40. The molecule has 1 atom stereocenters. The number of halogens is 1. The van der Waals surface area contributed by atoms with Crippen molar-refractivity contribution in [3.8, 4) is 0 Å². The Hall–Kier alpha value is -0.930. The Bertz CT molecular complexity index is 407. The molecule has 3 heteroatoms. The van der Waals surface area contributed by atoms with Crippen molar-refractivity contribution in [3.63, 3.8) is 0 Å². The van der Waals surface area contributed by atoms with Crippen LogP contribution in [0.4, 0.5) is 4.39 Å². The van der Waals surface area contributed by atoms with Gasteiger partial charge in [0.1, 0.15) is 5.82 Å². The fourth-order valence-corrected chi connectivity index (χ4v) is 3.52. The molecule has 0 saturated carbocycles. The summed E-state index contributed by atoms with van der Waals surface area (Å²) in [6.07, 6.45) is 5.27. The monoisotopic (exact) mass is 262 g/mol. The van der Waals surface area contributed by atoms with Gasteiger partial charge < -0.3 is 5.32 Å². The van der Waals surface area contributed by atoms with Gasteiger partial charge in [0.25, 0.3) is 0 Å². The van der Waals surface area contributed by atoms with Gasteiger partial charge in [-0.15, -0.1) is 0 Å². The predicted octanol–water partition coefficient (Wildman–Crippen LogP) is 2.79. The number of nitrogens with zero attached hydrogens (tertiary/aromatic N) is 1. The van der Waals surface area contributed by atoms with E-state index < -0.39 is 0 Å². The molecule has 1 aromatic carbocycles. The number of piperidine rings is 1. The molecule has 0 amide bonds. The van der Waals surface area contributed by atoms with Crippen molar-refractivity contribution in [1.29, 1.82) is 0 Å². The van der Waals surface area contributed by atoms with E-state index in [1.54, 1.807) is 12.1 Å². The van der Waals surface area contributed by atoms with Crippen LogP contribution in [0.3, 0.4) is 0 Å². The first-order valence-corrected chi connectivity index (χ1v) is 7.51. The van der Waals surface area contributed by atoms with Gasteiger partial charge in [-0.1, -0.05) is 12.1 Å². The van der Waals surface area contributed by atoms with Crippen LogP contribution in [0.1, 0.15) is 31.2 Å². The molecule has 0 aliphatic carbocycles. The Morgan fingerprint density at radius 3 is 2.74 bits per heavy atom. The number of rotatable bonds is 3. The third-order valence-corrected chi connectivity index (χ3v) is 4.59. The van der Waals surface area contributed by atoms with Crippen LogP contribution in [0.25, 0.3) is 0 Å². The first kappa shape index (κ1) is 13.1. The lowest BCUT2D eigenvalue weighted by Crippen LogP contribution is -2.40. The van der Waals surface area contributed by atoms with Crippen molar-refractivity contribution in [2.45, 2.75) is 38.3 Å². The van der Waals surface area contributed by atoms with Gasteiger partial charge in [-0.2, -0.15) is 0 Å². The zero-order valence-electron chi connectivity index (χ0n) is 11.4. The number of nitrogens with one attached hydrogen (secondary N) is 1. The first-order chi connectivity index (χ1) is 9.31. The highest BCUT2D eigenvalue weighted by molar-refractivity contribution is 5.16. The zero-order valence-corrected chi connectivity index (χ0v) is 11.4. The van der Waals surface area contributed by atoms with Gasteiger partial charge in [-0.3, -0.25) is 4.90 Å². The maximum atomic E-state index is 13.2. The minimum atomic E-state index is -0.123. The lowest BCUT2D eigenvalue weighted by molar-refractivity contribution is 0.157. The van der Waals surface area contributed by atoms with Crippen LogP contribution in [0.2, 0.25) is 0 Å². The van der Waals surface area contributed by atoms with Gasteiger partial charge in [0.2, 0.25) is 0 Å². The lowest BCUT2D eigenvalue weighted by atomic mass is 9.88. The SMILES string of the molecule is Fc1cccc(CN2CCC(C3CCCN3)CC2)c1. The summed E-state index contributed by atoms with van der Waals surface area (Å²) in [5.41, 5.74) is 1.09. The Morgan fingerprint density at radius 1 is 1.21 bits per heavy atom. The summed E-state index contributed by atoms with van der Waals surface area (Å²) in [6, 6.07) is 7.76. The van der Waals surface area contributed by atoms with Crippen LogP contribution in [0, 0.1) is 11.7 Å². The minimum absolute atomic E-state index is 0.123. The van der Waals surface area contributed by atoms with E-state index in [0.29, 0.717) is 0 Å². The molecule has 0 radical (unpaired) electrons. The van der Waals surface area contributed by atoms with Gasteiger partial charge in [0.05, 0.1) is 0 Å². The summed E-state index contributed by atoms with van der Waals surface area (Å²) in [5, 5.41) is 3.63. The maximum absolute atomic E-state index is 13.2. The molecule has 2 aliphatic heterocycles. The molecule has 1 unspecified atom stereocenters. The molecule has 2 heterocycles. The topological polar surface area (TPSA) is 15.3 Å². The van der Waals surface area contributed by atoms with E-state index in [-0.39, 0.29) is 5.82 Å². The number of hydrogen-bond acceptors (Lipinski definition) is 2. The van der Waals surface area contributed by atoms with Crippen LogP contribution in [-0.4, -0.2) is 30.6 Å². The second-order valence-electron chi connectivity index (χ2n) is 5.95. The Kier molecular flexibility index (Phi) is 4.14. The first-order valence-electron chi connectivity index (χ1n) is 7.51. The van der Waals surface area contributed by atoms with E-state index in [2.05, 4.69) is 10.2 Å². The smallest absolute Gasteiger partial charge is 0.123 e. The minimum Gasteiger partial charge on any atom is -0.314 e. The lowest BCUT2D eigenvalue weighted by Gasteiger charge is -2.34. The molecule has 0 bridgehead atoms. The van der Waals surface area contributed by atoms with Crippen molar-refractivity contribution < 1.29 is 4.39 Å². The van der Waals surface area contributed by atoms with E-state index >= 15 is 0 Å². The van der Waals surface area contributed by atoms with Gasteiger partial charge in [-0.25, -0.2) is 4.39 Å². The Morgan fingerprint density at radius 2 is 2.05 bits per heavy atom. The fourth-order valence-electron chi connectivity index (χ4n) is 3.52. The molecule has 1 aromatic rings. The number of hydrogen-bond donors (Lipinski definition) is 1. The average Bonchev–Trinajstić information content (AvgIpc) is 2.94. The highest BCUT2D eigenvalue weighted by Gasteiger charge is 2.28. The molecule has 2 saturated heterocycles. The molecule has 2 fully saturated rings. The molecular weight excluding hydrogens is 239 g/mol. The van der Waals surface area contributed by atoms with E-state index in [0.717, 1.165) is 37.2 Å². The zero-order chi connectivity index (χ0) is 13.1. The maximum Gasteiger partial charge on any atom is 0.123 e. The molecule has 2 nitrogen and oxygen atoms in total. The van der Waals surface area contributed by atoms with Crippen LogP contribution in [0.15, 0.2) is 24.3 Å². The molecular formula is C16H23FN2. The summed E-state index contributed by atoms with van der Waals surface area (Å²) in [5.74, 6) is 0.730. The third-order valence-electron chi connectivity index (χ3n) is 4.59. The molecule has 0 aromatic heterocycles. The third kappa shape index (κ3) is 3.34. The highest BCUT2D eigenvalue weighted by Crippen LogP contribution is 2.26. The second-order valence-corrected chi connectivity index (χ2v) is 5.95. The highest BCUT2D eigenvalue weighted by atomic mass is 19.1. The standard InChI is InChI=1S/C16H23FN2/c17-15-4-1-3-13(11-15)12-19-9-6-14(7-10-19)16-5-2-8-18-16/h1,3-4,11,14,16,18H,2,5-10,12H2. The van der Waals surface area contributed by atoms with Crippen molar-refractivity contribution in [3.05, 3.63) is 35.6 Å². The molecule has 104 valence electrons. The van der Waals surface area contributed by atoms with Gasteiger partial charge >= 0.3 is 0 Å². The largest absolute Gasteiger partial charge is 0.314 e. The van der Waals surface area contributed by atoms with Gasteiger partial charge in [0, 0.05) is 12.6 Å². The van der Waals surface area contributed by atoms with E-state index in [9.17, 15) is 4.39 Å². The molecule has 1 N–H and O–H groups in total.